The molecule has 0 N–H and O–H groups in total. The van der Waals surface area contributed by atoms with Gasteiger partial charge in [-0.25, -0.2) is 0 Å². The number of benzene rings is 1. The first kappa shape index (κ1) is 16.8. The van der Waals surface area contributed by atoms with Gasteiger partial charge in [-0.2, -0.15) is 30.7 Å². The van der Waals surface area contributed by atoms with Gasteiger partial charge in [0.2, 0.25) is 0 Å². The molecule has 3 nitrogen and oxygen atoms in total. The normalized spacial score (nSPS) is 19.2. The molecule has 1 fully saturated rings. The molecule has 22 heavy (non-hydrogen) atoms. The number of hydrogen-bond acceptors (Lipinski definition) is 3. The number of para-hydroxylation sites is 1. The summed E-state index contributed by atoms with van der Waals surface area (Å²) < 4.78 is 105. The molecular formula is C12H9F7O3. The molecule has 1 aromatic carbocycles. The van der Waals surface area contributed by atoms with Gasteiger partial charge in [0.15, 0.2) is 0 Å². The van der Waals surface area contributed by atoms with E-state index in [4.69, 9.17) is 0 Å². The van der Waals surface area contributed by atoms with Gasteiger partial charge >= 0.3 is 24.0 Å². The van der Waals surface area contributed by atoms with Crippen LogP contribution in [0.2, 0.25) is 0 Å². The van der Waals surface area contributed by atoms with Crippen molar-refractivity contribution in [1.29, 1.82) is 0 Å². The molecule has 0 saturated carbocycles. The van der Waals surface area contributed by atoms with Crippen LogP contribution >= 0.6 is 0 Å². The van der Waals surface area contributed by atoms with Gasteiger partial charge in [0, 0.05) is 0 Å². The van der Waals surface area contributed by atoms with Crippen molar-refractivity contribution >= 4 is 0 Å². The average molecular weight is 334 g/mol. The van der Waals surface area contributed by atoms with Crippen LogP contribution < -0.4 is 4.74 Å². The van der Waals surface area contributed by atoms with E-state index >= 15 is 0 Å². The Labute approximate surface area is 119 Å². The van der Waals surface area contributed by atoms with Crippen LogP contribution in [0.5, 0.6) is 5.75 Å². The van der Waals surface area contributed by atoms with Crippen LogP contribution in [-0.2, 0) is 9.47 Å². The maximum atomic E-state index is 13.9. The van der Waals surface area contributed by atoms with Gasteiger partial charge in [-0.05, 0) is 12.1 Å². The Morgan fingerprint density at radius 1 is 0.864 bits per heavy atom. The van der Waals surface area contributed by atoms with E-state index in [1.807, 2.05) is 0 Å². The lowest BCUT2D eigenvalue weighted by molar-refractivity contribution is -0.466. The summed E-state index contributed by atoms with van der Waals surface area (Å²) in [6.45, 7) is -1.81. The lowest BCUT2D eigenvalue weighted by atomic mass is 10.1. The summed E-state index contributed by atoms with van der Waals surface area (Å²) in [6, 6.07) is 5.53. The number of rotatable bonds is 4. The molecule has 0 atom stereocenters. The van der Waals surface area contributed by atoms with E-state index in [-0.39, 0.29) is 0 Å². The second kappa shape index (κ2) is 5.27. The second-order valence-electron chi connectivity index (χ2n) is 4.32. The van der Waals surface area contributed by atoms with Crippen molar-refractivity contribution < 1.29 is 44.9 Å². The van der Waals surface area contributed by atoms with Crippen LogP contribution in [0.25, 0.3) is 0 Å². The molecule has 1 aromatic rings. The third-order valence-corrected chi connectivity index (χ3v) is 2.84. The Morgan fingerprint density at radius 2 is 1.36 bits per heavy atom. The van der Waals surface area contributed by atoms with Crippen LogP contribution in [-0.4, -0.2) is 37.2 Å². The van der Waals surface area contributed by atoms with Gasteiger partial charge in [0.1, 0.15) is 5.75 Å². The molecule has 1 heterocycles. The van der Waals surface area contributed by atoms with Crippen LogP contribution in [0, 0.1) is 0 Å². The number of alkyl halides is 7. The van der Waals surface area contributed by atoms with Gasteiger partial charge in [0.05, 0.1) is 13.2 Å². The zero-order chi connectivity index (χ0) is 16.6. The fourth-order valence-corrected chi connectivity index (χ4v) is 1.83. The fourth-order valence-electron chi connectivity index (χ4n) is 1.83. The number of hydrogen-bond donors (Lipinski definition) is 0. The van der Waals surface area contributed by atoms with Crippen LogP contribution in [0.15, 0.2) is 30.3 Å². The Bertz CT molecular complexity index is 509. The third-order valence-electron chi connectivity index (χ3n) is 2.84. The highest BCUT2D eigenvalue weighted by Gasteiger charge is 2.84. The minimum atomic E-state index is -5.89. The fraction of sp³-hybridized carbons (Fsp3) is 0.500. The molecule has 2 rings (SSSR count). The quantitative estimate of drug-likeness (QED) is 0.788. The smallest absolute Gasteiger partial charge is 0.428 e. The molecule has 1 saturated heterocycles. The van der Waals surface area contributed by atoms with Gasteiger partial charge < -0.3 is 14.2 Å². The monoisotopic (exact) mass is 334 g/mol. The summed E-state index contributed by atoms with van der Waals surface area (Å²) in [7, 11) is 0. The summed E-state index contributed by atoms with van der Waals surface area (Å²) in [6.07, 6.45) is -11.4. The average Bonchev–Trinajstić information content (AvgIpc) is 2.89. The van der Waals surface area contributed by atoms with Crippen molar-refractivity contribution in [3.05, 3.63) is 30.3 Å². The molecule has 0 aromatic heterocycles. The van der Waals surface area contributed by atoms with Gasteiger partial charge in [0.25, 0.3) is 0 Å². The minimum absolute atomic E-state index is 0.734. The minimum Gasteiger partial charge on any atom is -0.428 e. The molecule has 1 aliphatic heterocycles. The predicted octanol–water partition coefficient (Wildman–Crippen LogP) is 3.60. The topological polar surface area (TPSA) is 27.7 Å². The molecule has 0 radical (unpaired) electrons. The Kier molecular flexibility index (Phi) is 4.03. The van der Waals surface area contributed by atoms with E-state index in [0.717, 1.165) is 12.1 Å². The largest absolute Gasteiger partial charge is 0.470 e. The molecular weight excluding hydrogens is 325 g/mol. The van der Waals surface area contributed by atoms with Gasteiger partial charge in [-0.1, -0.05) is 18.2 Å². The first-order valence-electron chi connectivity index (χ1n) is 5.88. The third kappa shape index (κ3) is 2.50. The second-order valence-corrected chi connectivity index (χ2v) is 4.32. The van der Waals surface area contributed by atoms with Crippen molar-refractivity contribution in [2.45, 2.75) is 24.0 Å². The molecule has 0 spiro atoms. The maximum Gasteiger partial charge on any atom is 0.470 e. The molecule has 124 valence electrons. The molecule has 10 heteroatoms. The van der Waals surface area contributed by atoms with Crippen molar-refractivity contribution in [2.24, 2.45) is 0 Å². The van der Waals surface area contributed by atoms with E-state index in [2.05, 4.69) is 14.2 Å². The standard InChI is InChI=1S/C12H9F7O3/c13-9(14,10(11(15,16)17)20-6-7-21-10)12(18,19)22-8-4-2-1-3-5-8/h1-5H,6-7H2. The van der Waals surface area contributed by atoms with Crippen molar-refractivity contribution in [2.75, 3.05) is 13.2 Å². The van der Waals surface area contributed by atoms with Crippen LogP contribution in [0.4, 0.5) is 30.7 Å². The van der Waals surface area contributed by atoms with E-state index in [1.54, 1.807) is 0 Å². The first-order valence-corrected chi connectivity index (χ1v) is 5.88. The molecule has 0 bridgehead atoms. The molecule has 0 unspecified atom stereocenters. The lowest BCUT2D eigenvalue weighted by Gasteiger charge is -2.38. The lowest BCUT2D eigenvalue weighted by Crippen LogP contribution is -2.68. The highest BCUT2D eigenvalue weighted by atomic mass is 19.4. The van der Waals surface area contributed by atoms with Gasteiger partial charge in [-0.3, -0.25) is 0 Å². The van der Waals surface area contributed by atoms with Crippen LogP contribution in [0.3, 0.4) is 0 Å². The van der Waals surface area contributed by atoms with Crippen molar-refractivity contribution in [3.63, 3.8) is 0 Å². The van der Waals surface area contributed by atoms with E-state index < -0.39 is 43.0 Å². The molecule has 1 aliphatic rings. The molecule has 0 amide bonds. The highest BCUT2D eigenvalue weighted by Crippen LogP contribution is 2.54. The van der Waals surface area contributed by atoms with E-state index in [1.165, 1.54) is 18.2 Å². The predicted molar refractivity (Wildman–Crippen MR) is 57.7 cm³/mol. The first-order chi connectivity index (χ1) is 10.0. The summed E-state index contributed by atoms with van der Waals surface area (Å²) >= 11 is 0. The van der Waals surface area contributed by atoms with E-state index in [0.29, 0.717) is 0 Å². The summed E-state index contributed by atoms with van der Waals surface area (Å²) in [5, 5.41) is 0. The van der Waals surface area contributed by atoms with Crippen LogP contribution in [0.1, 0.15) is 0 Å². The summed E-state index contributed by atoms with van der Waals surface area (Å²) in [5.74, 6) is -11.3. The number of ether oxygens (including phenoxy) is 3. The van der Waals surface area contributed by atoms with Crippen molar-refractivity contribution in [1.82, 2.24) is 0 Å². The zero-order valence-electron chi connectivity index (χ0n) is 10.7. The van der Waals surface area contributed by atoms with Crippen molar-refractivity contribution in [3.8, 4) is 5.75 Å². The van der Waals surface area contributed by atoms with Gasteiger partial charge in [-0.15, -0.1) is 0 Å². The highest BCUT2D eigenvalue weighted by molar-refractivity contribution is 5.22. The maximum absolute atomic E-state index is 13.9. The Morgan fingerprint density at radius 3 is 1.82 bits per heavy atom. The SMILES string of the molecule is FC(F)(F)C1(C(F)(F)C(F)(F)Oc2ccccc2)OCCO1. The Hall–Kier alpha value is -1.55. The zero-order valence-corrected chi connectivity index (χ0v) is 10.7. The van der Waals surface area contributed by atoms with E-state index in [9.17, 15) is 30.7 Å². The summed E-state index contributed by atoms with van der Waals surface area (Å²) in [4.78, 5) is 0. The molecule has 0 aliphatic carbocycles. The number of halogens is 7. The Balaban J connectivity index is 2.38. The summed E-state index contributed by atoms with van der Waals surface area (Å²) in [5.41, 5.74) is 0.